The molecule has 2 N–H and O–H groups in total. The Morgan fingerprint density at radius 2 is 2.00 bits per heavy atom. The highest BCUT2D eigenvalue weighted by molar-refractivity contribution is 6.08. The summed E-state index contributed by atoms with van der Waals surface area (Å²) in [5.74, 6) is -1.97. The predicted octanol–water partition coefficient (Wildman–Crippen LogP) is 2.26. The number of benzene rings is 1. The number of rotatable bonds is 3. The van der Waals surface area contributed by atoms with Crippen molar-refractivity contribution in [3.63, 3.8) is 0 Å². The Morgan fingerprint density at radius 1 is 1.29 bits per heavy atom. The Bertz CT molecular complexity index is 800. The van der Waals surface area contributed by atoms with Crippen molar-refractivity contribution in [1.82, 2.24) is 10.3 Å². The van der Waals surface area contributed by atoms with Crippen LogP contribution in [-0.4, -0.2) is 16.8 Å². The highest BCUT2D eigenvalue weighted by atomic mass is 19.1. The summed E-state index contributed by atoms with van der Waals surface area (Å²) >= 11 is 0. The van der Waals surface area contributed by atoms with Crippen LogP contribution >= 0.6 is 0 Å². The average Bonchev–Trinajstić information content (AvgIpc) is 2.51. The SMILES string of the molecule is Cc1cc(CNC(=O)C2Cc3cc(F)ccc3NC2=O)cc(C)n1. The second kappa shape index (κ2) is 6.39. The molecule has 1 aliphatic heterocycles. The largest absolute Gasteiger partial charge is 0.351 e. The van der Waals surface area contributed by atoms with E-state index in [4.69, 9.17) is 0 Å². The molecule has 0 spiro atoms. The maximum absolute atomic E-state index is 13.3. The van der Waals surface area contributed by atoms with Gasteiger partial charge in [0.05, 0.1) is 0 Å². The van der Waals surface area contributed by atoms with Gasteiger partial charge in [-0.25, -0.2) is 4.39 Å². The van der Waals surface area contributed by atoms with Crippen LogP contribution in [0.4, 0.5) is 10.1 Å². The molecule has 5 nitrogen and oxygen atoms in total. The van der Waals surface area contributed by atoms with Crippen molar-refractivity contribution in [2.75, 3.05) is 5.32 Å². The number of halogens is 1. The molecule has 6 heteroatoms. The molecule has 1 unspecified atom stereocenters. The van der Waals surface area contributed by atoms with Gasteiger partial charge in [-0.3, -0.25) is 14.6 Å². The summed E-state index contributed by atoms with van der Waals surface area (Å²) in [6.45, 7) is 4.10. The van der Waals surface area contributed by atoms with Gasteiger partial charge in [-0.1, -0.05) is 0 Å². The van der Waals surface area contributed by atoms with Gasteiger partial charge >= 0.3 is 0 Å². The van der Waals surface area contributed by atoms with E-state index < -0.39 is 5.92 Å². The molecule has 0 bridgehead atoms. The number of carbonyl (C=O) groups is 2. The van der Waals surface area contributed by atoms with Gasteiger partial charge in [-0.2, -0.15) is 0 Å². The lowest BCUT2D eigenvalue weighted by Crippen LogP contribution is -2.41. The van der Waals surface area contributed by atoms with Crippen molar-refractivity contribution >= 4 is 17.5 Å². The quantitative estimate of drug-likeness (QED) is 0.850. The second-order valence-corrected chi connectivity index (χ2v) is 6.02. The molecule has 3 rings (SSSR count). The molecule has 124 valence electrons. The second-order valence-electron chi connectivity index (χ2n) is 6.02. The molecule has 2 aromatic rings. The fourth-order valence-electron chi connectivity index (χ4n) is 2.93. The number of amides is 2. The molecule has 2 amide bonds. The molecule has 2 heterocycles. The summed E-state index contributed by atoms with van der Waals surface area (Å²) in [7, 11) is 0. The smallest absolute Gasteiger partial charge is 0.237 e. The van der Waals surface area contributed by atoms with Gasteiger partial charge < -0.3 is 10.6 Å². The Balaban J connectivity index is 1.70. The number of aromatic nitrogens is 1. The summed E-state index contributed by atoms with van der Waals surface area (Å²) < 4.78 is 13.3. The van der Waals surface area contributed by atoms with Gasteiger partial charge in [0.1, 0.15) is 11.7 Å². The minimum absolute atomic E-state index is 0.194. The molecule has 1 aromatic heterocycles. The van der Waals surface area contributed by atoms with Crippen LogP contribution in [0.2, 0.25) is 0 Å². The Hall–Kier alpha value is -2.76. The Morgan fingerprint density at radius 3 is 2.71 bits per heavy atom. The van der Waals surface area contributed by atoms with E-state index in [1.165, 1.54) is 18.2 Å². The number of anilines is 1. The van der Waals surface area contributed by atoms with E-state index in [1.807, 2.05) is 26.0 Å². The fraction of sp³-hybridized carbons (Fsp3) is 0.278. The molecule has 0 radical (unpaired) electrons. The van der Waals surface area contributed by atoms with Crippen molar-refractivity contribution in [2.45, 2.75) is 26.8 Å². The highest BCUT2D eigenvalue weighted by Gasteiger charge is 2.32. The third kappa shape index (κ3) is 3.42. The van der Waals surface area contributed by atoms with Gasteiger partial charge in [0.25, 0.3) is 0 Å². The molecule has 0 saturated heterocycles. The van der Waals surface area contributed by atoms with Crippen molar-refractivity contribution in [2.24, 2.45) is 5.92 Å². The first-order chi connectivity index (χ1) is 11.4. The highest BCUT2D eigenvalue weighted by Crippen LogP contribution is 2.26. The molecule has 0 fully saturated rings. The number of fused-ring (bicyclic) bond motifs is 1. The van der Waals surface area contributed by atoms with E-state index in [1.54, 1.807) is 0 Å². The maximum atomic E-state index is 13.3. The molecular weight excluding hydrogens is 309 g/mol. The maximum Gasteiger partial charge on any atom is 0.237 e. The Kier molecular flexibility index (Phi) is 4.29. The number of pyridine rings is 1. The van der Waals surface area contributed by atoms with Crippen LogP contribution < -0.4 is 10.6 Å². The van der Waals surface area contributed by atoms with Crippen LogP contribution in [0.1, 0.15) is 22.5 Å². The fourth-order valence-corrected chi connectivity index (χ4v) is 2.93. The monoisotopic (exact) mass is 327 g/mol. The van der Waals surface area contributed by atoms with E-state index >= 15 is 0 Å². The third-order valence-electron chi connectivity index (χ3n) is 3.99. The van der Waals surface area contributed by atoms with Crippen LogP contribution in [-0.2, 0) is 22.6 Å². The third-order valence-corrected chi connectivity index (χ3v) is 3.99. The number of aryl methyl sites for hydroxylation is 2. The van der Waals surface area contributed by atoms with E-state index in [2.05, 4.69) is 15.6 Å². The molecule has 0 saturated carbocycles. The molecule has 24 heavy (non-hydrogen) atoms. The molecule has 1 atom stereocenters. The number of nitrogens with one attached hydrogen (secondary N) is 2. The lowest BCUT2D eigenvalue weighted by Gasteiger charge is -2.24. The lowest BCUT2D eigenvalue weighted by molar-refractivity contribution is -0.132. The van der Waals surface area contributed by atoms with Crippen molar-refractivity contribution in [1.29, 1.82) is 0 Å². The lowest BCUT2D eigenvalue weighted by atomic mass is 9.92. The van der Waals surface area contributed by atoms with Crippen molar-refractivity contribution in [3.8, 4) is 0 Å². The molecular formula is C18H18FN3O2. The summed E-state index contributed by atoms with van der Waals surface area (Å²) in [5.41, 5.74) is 3.87. The summed E-state index contributed by atoms with van der Waals surface area (Å²) in [6.07, 6.45) is 0.194. The van der Waals surface area contributed by atoms with Gasteiger partial charge in [0, 0.05) is 23.6 Å². The number of hydrogen-bond donors (Lipinski definition) is 2. The first-order valence-corrected chi connectivity index (χ1v) is 7.73. The summed E-state index contributed by atoms with van der Waals surface area (Å²) in [6, 6.07) is 7.93. The van der Waals surface area contributed by atoms with Gasteiger partial charge in [-0.05, 0) is 61.7 Å². The molecule has 0 aliphatic carbocycles. The molecule has 1 aliphatic rings. The van der Waals surface area contributed by atoms with Crippen molar-refractivity contribution in [3.05, 3.63) is 58.7 Å². The predicted molar refractivity (Wildman–Crippen MR) is 87.8 cm³/mol. The first kappa shape index (κ1) is 16.1. The standard InChI is InChI=1S/C18H18FN3O2/c1-10-5-12(6-11(2)21-10)9-20-17(23)15-8-13-7-14(19)3-4-16(13)22-18(15)24/h3-7,15H,8-9H2,1-2H3,(H,20,23)(H,22,24). The topological polar surface area (TPSA) is 71.1 Å². The van der Waals surface area contributed by atoms with Crippen LogP contribution in [0.25, 0.3) is 0 Å². The van der Waals surface area contributed by atoms with Crippen LogP contribution in [0, 0.1) is 25.6 Å². The van der Waals surface area contributed by atoms with Crippen LogP contribution in [0.15, 0.2) is 30.3 Å². The molecule has 1 aromatic carbocycles. The van der Waals surface area contributed by atoms with Crippen LogP contribution in [0.3, 0.4) is 0 Å². The van der Waals surface area contributed by atoms with E-state index in [-0.39, 0.29) is 24.1 Å². The zero-order valence-electron chi connectivity index (χ0n) is 13.5. The van der Waals surface area contributed by atoms with Crippen LogP contribution in [0.5, 0.6) is 0 Å². The van der Waals surface area contributed by atoms with E-state index in [0.29, 0.717) is 17.8 Å². The first-order valence-electron chi connectivity index (χ1n) is 7.73. The summed E-state index contributed by atoms with van der Waals surface area (Å²) in [5, 5.41) is 5.44. The van der Waals surface area contributed by atoms with Gasteiger partial charge in [0.2, 0.25) is 11.8 Å². The zero-order valence-corrected chi connectivity index (χ0v) is 13.5. The van der Waals surface area contributed by atoms with E-state index in [9.17, 15) is 14.0 Å². The minimum atomic E-state index is -0.858. The Labute approximate surface area is 139 Å². The van der Waals surface area contributed by atoms with E-state index in [0.717, 1.165) is 17.0 Å². The minimum Gasteiger partial charge on any atom is -0.351 e. The zero-order chi connectivity index (χ0) is 17.3. The van der Waals surface area contributed by atoms with Crippen molar-refractivity contribution < 1.29 is 14.0 Å². The number of hydrogen-bond acceptors (Lipinski definition) is 3. The van der Waals surface area contributed by atoms with Gasteiger partial charge in [0.15, 0.2) is 0 Å². The van der Waals surface area contributed by atoms with Gasteiger partial charge in [-0.15, -0.1) is 0 Å². The average molecular weight is 327 g/mol. The summed E-state index contributed by atoms with van der Waals surface area (Å²) in [4.78, 5) is 28.8. The number of nitrogens with zero attached hydrogens (tertiary/aromatic N) is 1. The normalized spacial score (nSPS) is 16.3. The number of carbonyl (C=O) groups excluding carboxylic acids is 2.